The Morgan fingerprint density at radius 2 is 2.12 bits per heavy atom. The van der Waals surface area contributed by atoms with Gasteiger partial charge in [0, 0.05) is 11.5 Å². The Bertz CT molecular complexity index is 391. The molecule has 0 saturated heterocycles. The number of rotatable bonds is 5. The highest BCUT2D eigenvalue weighted by molar-refractivity contribution is 5.32. The van der Waals surface area contributed by atoms with Crippen molar-refractivity contribution in [3.63, 3.8) is 0 Å². The molecule has 1 aliphatic carbocycles. The third kappa shape index (κ3) is 2.94. The van der Waals surface area contributed by atoms with Crippen molar-refractivity contribution in [2.24, 2.45) is 5.73 Å². The third-order valence-corrected chi connectivity index (χ3v) is 3.34. The Kier molecular flexibility index (Phi) is 3.33. The number of halogens is 2. The normalized spacial score (nSPS) is 19.1. The highest BCUT2D eigenvalue weighted by Gasteiger charge is 2.42. The van der Waals surface area contributed by atoms with E-state index in [1.165, 1.54) is 7.11 Å². The number of hydrogen-bond acceptors (Lipinski definition) is 2. The van der Waals surface area contributed by atoms with Gasteiger partial charge in [0.2, 0.25) is 6.43 Å². The van der Waals surface area contributed by atoms with E-state index in [2.05, 4.69) is 0 Å². The molecular formula is C13H17F2NO. The summed E-state index contributed by atoms with van der Waals surface area (Å²) < 4.78 is 31.2. The van der Waals surface area contributed by atoms with Crippen LogP contribution in [0.1, 0.15) is 30.7 Å². The van der Waals surface area contributed by atoms with Crippen LogP contribution < -0.4 is 10.5 Å². The summed E-state index contributed by atoms with van der Waals surface area (Å²) in [6, 6.07) is 6.87. The van der Waals surface area contributed by atoms with E-state index < -0.39 is 12.3 Å². The molecule has 0 radical (unpaired) electrons. The average Bonchev–Trinajstić information content (AvgIpc) is 3.04. The van der Waals surface area contributed by atoms with Crippen LogP contribution in [0.2, 0.25) is 0 Å². The lowest BCUT2D eigenvalue weighted by Gasteiger charge is -2.20. The van der Waals surface area contributed by atoms with Crippen LogP contribution in [0.15, 0.2) is 24.3 Å². The SMILES string of the molecule is COc1cccc(C(CC2(N)CC2)C(F)F)c1. The predicted molar refractivity (Wildman–Crippen MR) is 62.5 cm³/mol. The fraction of sp³-hybridized carbons (Fsp3) is 0.538. The van der Waals surface area contributed by atoms with Gasteiger partial charge in [-0.15, -0.1) is 0 Å². The molecule has 17 heavy (non-hydrogen) atoms. The zero-order valence-electron chi connectivity index (χ0n) is 9.83. The highest BCUT2D eigenvalue weighted by atomic mass is 19.3. The molecule has 0 aliphatic heterocycles. The summed E-state index contributed by atoms with van der Waals surface area (Å²) in [4.78, 5) is 0. The number of benzene rings is 1. The van der Waals surface area contributed by atoms with Crippen molar-refractivity contribution < 1.29 is 13.5 Å². The fourth-order valence-corrected chi connectivity index (χ4v) is 2.03. The van der Waals surface area contributed by atoms with E-state index in [-0.39, 0.29) is 5.54 Å². The maximum Gasteiger partial charge on any atom is 0.245 e. The highest BCUT2D eigenvalue weighted by Crippen LogP contribution is 2.43. The van der Waals surface area contributed by atoms with Gasteiger partial charge in [0.05, 0.1) is 7.11 Å². The van der Waals surface area contributed by atoms with Crippen LogP contribution in [-0.2, 0) is 0 Å². The molecule has 0 heterocycles. The zero-order valence-corrected chi connectivity index (χ0v) is 9.83. The second kappa shape index (κ2) is 4.61. The lowest BCUT2D eigenvalue weighted by Crippen LogP contribution is -2.27. The Labute approximate surface area is 99.8 Å². The van der Waals surface area contributed by atoms with E-state index in [9.17, 15) is 8.78 Å². The molecule has 4 heteroatoms. The van der Waals surface area contributed by atoms with E-state index in [1.807, 2.05) is 0 Å². The van der Waals surface area contributed by atoms with Gasteiger partial charge in [-0.25, -0.2) is 8.78 Å². The van der Waals surface area contributed by atoms with E-state index in [4.69, 9.17) is 10.5 Å². The molecule has 0 spiro atoms. The van der Waals surface area contributed by atoms with Crippen LogP contribution in [0.4, 0.5) is 8.78 Å². The lowest BCUT2D eigenvalue weighted by atomic mass is 9.91. The van der Waals surface area contributed by atoms with Crippen LogP contribution in [0.25, 0.3) is 0 Å². The van der Waals surface area contributed by atoms with Gasteiger partial charge in [0.15, 0.2) is 0 Å². The number of methoxy groups -OCH3 is 1. The third-order valence-electron chi connectivity index (χ3n) is 3.34. The first kappa shape index (κ1) is 12.3. The van der Waals surface area contributed by atoms with Gasteiger partial charge in [-0.05, 0) is 37.0 Å². The summed E-state index contributed by atoms with van der Waals surface area (Å²) in [5.74, 6) is -0.187. The van der Waals surface area contributed by atoms with Crippen molar-refractivity contribution in [2.45, 2.75) is 37.1 Å². The van der Waals surface area contributed by atoms with Crippen molar-refractivity contribution in [3.8, 4) is 5.75 Å². The first-order valence-corrected chi connectivity index (χ1v) is 5.75. The molecule has 2 rings (SSSR count). The molecular weight excluding hydrogens is 224 g/mol. The molecule has 2 nitrogen and oxygen atoms in total. The Morgan fingerprint density at radius 1 is 1.41 bits per heavy atom. The Balaban J connectivity index is 2.19. The smallest absolute Gasteiger partial charge is 0.245 e. The summed E-state index contributed by atoms with van der Waals surface area (Å²) >= 11 is 0. The first-order chi connectivity index (χ1) is 8.04. The minimum Gasteiger partial charge on any atom is -0.497 e. The zero-order chi connectivity index (χ0) is 12.5. The molecule has 0 aromatic heterocycles. The van der Waals surface area contributed by atoms with E-state index in [1.54, 1.807) is 24.3 Å². The predicted octanol–water partition coefficient (Wildman–Crippen LogP) is 2.93. The second-order valence-electron chi connectivity index (χ2n) is 4.78. The topological polar surface area (TPSA) is 35.2 Å². The van der Waals surface area contributed by atoms with E-state index in [0.717, 1.165) is 12.8 Å². The largest absolute Gasteiger partial charge is 0.497 e. The summed E-state index contributed by atoms with van der Waals surface area (Å²) in [5.41, 5.74) is 6.17. The van der Waals surface area contributed by atoms with Gasteiger partial charge < -0.3 is 10.5 Å². The summed E-state index contributed by atoms with van der Waals surface area (Å²) in [5, 5.41) is 0. The average molecular weight is 241 g/mol. The summed E-state index contributed by atoms with van der Waals surface area (Å²) in [6.07, 6.45) is -0.346. The Morgan fingerprint density at radius 3 is 2.65 bits per heavy atom. The van der Waals surface area contributed by atoms with Gasteiger partial charge in [0.1, 0.15) is 5.75 Å². The van der Waals surface area contributed by atoms with Crippen molar-refractivity contribution in [1.29, 1.82) is 0 Å². The molecule has 94 valence electrons. The maximum absolute atomic E-state index is 13.1. The fourth-order valence-electron chi connectivity index (χ4n) is 2.03. The molecule has 1 fully saturated rings. The quantitative estimate of drug-likeness (QED) is 0.860. The lowest BCUT2D eigenvalue weighted by molar-refractivity contribution is 0.105. The van der Waals surface area contributed by atoms with Crippen molar-refractivity contribution in [1.82, 2.24) is 0 Å². The van der Waals surface area contributed by atoms with Crippen molar-refractivity contribution in [3.05, 3.63) is 29.8 Å². The van der Waals surface area contributed by atoms with Crippen molar-refractivity contribution in [2.75, 3.05) is 7.11 Å². The monoisotopic (exact) mass is 241 g/mol. The second-order valence-corrected chi connectivity index (χ2v) is 4.78. The minimum absolute atomic E-state index is 0.345. The molecule has 1 saturated carbocycles. The summed E-state index contributed by atoms with van der Waals surface area (Å²) in [7, 11) is 1.53. The number of hydrogen-bond donors (Lipinski definition) is 1. The van der Waals surface area contributed by atoms with Crippen LogP contribution >= 0.6 is 0 Å². The molecule has 1 aromatic rings. The van der Waals surface area contributed by atoms with E-state index >= 15 is 0 Å². The van der Waals surface area contributed by atoms with Gasteiger partial charge in [-0.1, -0.05) is 12.1 Å². The van der Waals surface area contributed by atoms with Crippen LogP contribution in [-0.4, -0.2) is 19.1 Å². The van der Waals surface area contributed by atoms with Crippen LogP contribution in [0.3, 0.4) is 0 Å². The molecule has 1 atom stereocenters. The molecule has 1 unspecified atom stereocenters. The maximum atomic E-state index is 13.1. The number of ether oxygens (including phenoxy) is 1. The van der Waals surface area contributed by atoms with Gasteiger partial charge in [-0.3, -0.25) is 0 Å². The van der Waals surface area contributed by atoms with Crippen molar-refractivity contribution >= 4 is 0 Å². The van der Waals surface area contributed by atoms with Crippen LogP contribution in [0.5, 0.6) is 5.75 Å². The number of nitrogens with two attached hydrogens (primary N) is 1. The number of alkyl halides is 2. The molecule has 1 aliphatic rings. The first-order valence-electron chi connectivity index (χ1n) is 5.75. The molecule has 2 N–H and O–H groups in total. The van der Waals surface area contributed by atoms with E-state index in [0.29, 0.717) is 17.7 Å². The van der Waals surface area contributed by atoms with Gasteiger partial charge in [-0.2, -0.15) is 0 Å². The molecule has 1 aromatic carbocycles. The van der Waals surface area contributed by atoms with Gasteiger partial charge in [0.25, 0.3) is 0 Å². The molecule has 0 bridgehead atoms. The molecule has 0 amide bonds. The summed E-state index contributed by atoms with van der Waals surface area (Å²) in [6.45, 7) is 0. The Hall–Kier alpha value is -1.16. The van der Waals surface area contributed by atoms with Gasteiger partial charge >= 0.3 is 0 Å². The standard InChI is InChI=1S/C13H17F2NO/c1-17-10-4-2-3-9(7-10)11(12(14)15)8-13(16)5-6-13/h2-4,7,11-12H,5-6,8,16H2,1H3. The van der Waals surface area contributed by atoms with Crippen LogP contribution in [0, 0.1) is 0 Å². The minimum atomic E-state index is -2.39.